The molecule has 1 aliphatic heterocycles. The third-order valence-corrected chi connectivity index (χ3v) is 6.27. The topological polar surface area (TPSA) is 55.8 Å². The lowest BCUT2D eigenvalue weighted by molar-refractivity contribution is -0.130. The van der Waals surface area contributed by atoms with E-state index in [0.717, 1.165) is 28.0 Å². The van der Waals surface area contributed by atoms with Crippen molar-refractivity contribution in [2.24, 2.45) is 0 Å². The van der Waals surface area contributed by atoms with Crippen LogP contribution in [-0.2, 0) is 22.6 Å². The minimum Gasteiger partial charge on any atom is -0.488 e. The highest BCUT2D eigenvalue weighted by atomic mass is 16.6. The number of hydrogen-bond donors (Lipinski definition) is 0. The van der Waals surface area contributed by atoms with E-state index in [1.807, 2.05) is 85.8 Å². The molecule has 0 aromatic heterocycles. The minimum absolute atomic E-state index is 0.204. The highest BCUT2D eigenvalue weighted by Gasteiger charge is 2.40. The fourth-order valence-corrected chi connectivity index (χ4v) is 4.37. The summed E-state index contributed by atoms with van der Waals surface area (Å²) >= 11 is 0. The number of para-hydroxylation sites is 1. The zero-order chi connectivity index (χ0) is 24.1. The first-order chi connectivity index (χ1) is 16.5. The summed E-state index contributed by atoms with van der Waals surface area (Å²) in [6.07, 6.45) is -0.0152. The van der Waals surface area contributed by atoms with Crippen molar-refractivity contribution in [3.05, 3.63) is 101 Å². The maximum Gasteiger partial charge on any atom is 0.417 e. The molecular formula is C29H31NO4. The van der Waals surface area contributed by atoms with E-state index in [4.69, 9.17) is 9.47 Å². The molecule has 1 aliphatic rings. The van der Waals surface area contributed by atoms with Crippen LogP contribution >= 0.6 is 0 Å². The molecule has 1 heterocycles. The van der Waals surface area contributed by atoms with E-state index in [1.165, 1.54) is 4.90 Å². The van der Waals surface area contributed by atoms with E-state index in [1.54, 1.807) is 0 Å². The van der Waals surface area contributed by atoms with Gasteiger partial charge in [-0.15, -0.1) is 0 Å². The van der Waals surface area contributed by atoms with E-state index in [2.05, 4.69) is 13.8 Å². The van der Waals surface area contributed by atoms with E-state index in [0.29, 0.717) is 13.0 Å². The van der Waals surface area contributed by atoms with Gasteiger partial charge in [0.05, 0.1) is 12.0 Å². The molecule has 0 N–H and O–H groups in total. The van der Waals surface area contributed by atoms with Gasteiger partial charge in [-0.2, -0.15) is 0 Å². The van der Waals surface area contributed by atoms with Crippen LogP contribution in [-0.4, -0.2) is 29.5 Å². The third-order valence-electron chi connectivity index (χ3n) is 6.27. The van der Waals surface area contributed by atoms with Crippen molar-refractivity contribution < 1.29 is 19.1 Å². The number of nitrogens with zero attached hydrogens (tertiary/aromatic N) is 1. The van der Waals surface area contributed by atoms with Gasteiger partial charge in [-0.1, -0.05) is 92.7 Å². The zero-order valence-electron chi connectivity index (χ0n) is 19.9. The lowest BCUT2D eigenvalue weighted by Gasteiger charge is -2.26. The van der Waals surface area contributed by atoms with Gasteiger partial charge in [0, 0.05) is 5.56 Å². The summed E-state index contributed by atoms with van der Waals surface area (Å²) in [4.78, 5) is 27.5. The molecule has 2 atom stereocenters. The van der Waals surface area contributed by atoms with E-state index < -0.39 is 12.0 Å². The van der Waals surface area contributed by atoms with Crippen LogP contribution in [0.4, 0.5) is 4.79 Å². The van der Waals surface area contributed by atoms with Crippen molar-refractivity contribution in [2.45, 2.75) is 51.7 Å². The van der Waals surface area contributed by atoms with E-state index >= 15 is 0 Å². The Morgan fingerprint density at radius 1 is 0.912 bits per heavy atom. The predicted octanol–water partition coefficient (Wildman–Crippen LogP) is 6.08. The Kier molecular flexibility index (Phi) is 7.31. The summed E-state index contributed by atoms with van der Waals surface area (Å²) in [5, 5.41) is 0. The fraction of sp³-hybridized carbons (Fsp3) is 0.310. The molecule has 34 heavy (non-hydrogen) atoms. The summed E-state index contributed by atoms with van der Waals surface area (Å²) in [5.74, 6) is 0.104. The average Bonchev–Trinajstić information content (AvgIpc) is 3.22. The number of amides is 2. The molecule has 4 rings (SSSR count). The maximum atomic E-state index is 13.6. The van der Waals surface area contributed by atoms with Crippen LogP contribution < -0.4 is 4.74 Å². The van der Waals surface area contributed by atoms with Crippen molar-refractivity contribution in [3.63, 3.8) is 0 Å². The van der Waals surface area contributed by atoms with Gasteiger partial charge in [0.25, 0.3) is 0 Å². The van der Waals surface area contributed by atoms with Crippen molar-refractivity contribution in [1.82, 2.24) is 4.90 Å². The van der Waals surface area contributed by atoms with E-state index in [9.17, 15) is 9.59 Å². The first-order valence-electron chi connectivity index (χ1n) is 11.8. The molecule has 0 aliphatic carbocycles. The summed E-state index contributed by atoms with van der Waals surface area (Å²) < 4.78 is 11.6. The van der Waals surface area contributed by atoms with Crippen LogP contribution in [0, 0.1) is 0 Å². The van der Waals surface area contributed by atoms with Gasteiger partial charge in [0.2, 0.25) is 5.91 Å². The molecule has 0 radical (unpaired) electrons. The van der Waals surface area contributed by atoms with E-state index in [-0.39, 0.29) is 24.5 Å². The molecule has 176 valence electrons. The fourth-order valence-electron chi connectivity index (χ4n) is 4.37. The van der Waals surface area contributed by atoms with Gasteiger partial charge >= 0.3 is 6.09 Å². The quantitative estimate of drug-likeness (QED) is 0.411. The molecule has 5 nitrogen and oxygen atoms in total. The number of cyclic esters (lactones) is 1. The number of carbonyl (C=O) groups excluding carboxylic acids is 2. The average molecular weight is 458 g/mol. The number of ether oxygens (including phenoxy) is 2. The molecule has 0 bridgehead atoms. The minimum atomic E-state index is -0.579. The molecule has 0 saturated carbocycles. The Morgan fingerprint density at radius 3 is 2.18 bits per heavy atom. The monoisotopic (exact) mass is 457 g/mol. The van der Waals surface area contributed by atoms with Crippen LogP contribution in [0.15, 0.2) is 78.9 Å². The number of imide groups is 1. The summed E-state index contributed by atoms with van der Waals surface area (Å²) in [6, 6.07) is 25.4. The molecule has 2 amide bonds. The molecule has 3 aromatic rings. The maximum absolute atomic E-state index is 13.6. The van der Waals surface area contributed by atoms with Gasteiger partial charge in [-0.05, 0) is 36.0 Å². The van der Waals surface area contributed by atoms with Crippen molar-refractivity contribution in [2.75, 3.05) is 6.61 Å². The predicted molar refractivity (Wildman–Crippen MR) is 132 cm³/mol. The number of carbonyl (C=O) groups is 2. The van der Waals surface area contributed by atoms with Crippen LogP contribution in [0.25, 0.3) is 0 Å². The Hall–Kier alpha value is -3.60. The van der Waals surface area contributed by atoms with Gasteiger partial charge < -0.3 is 9.47 Å². The van der Waals surface area contributed by atoms with Gasteiger partial charge in [-0.25, -0.2) is 9.69 Å². The Labute approximate surface area is 201 Å². The number of benzene rings is 3. The zero-order valence-corrected chi connectivity index (χ0v) is 19.9. The molecule has 0 spiro atoms. The van der Waals surface area contributed by atoms with Crippen molar-refractivity contribution in [1.29, 1.82) is 0 Å². The molecular weight excluding hydrogens is 426 g/mol. The van der Waals surface area contributed by atoms with Crippen LogP contribution in [0.5, 0.6) is 5.75 Å². The first kappa shape index (κ1) is 23.6. The Morgan fingerprint density at radius 2 is 1.53 bits per heavy atom. The highest BCUT2D eigenvalue weighted by molar-refractivity contribution is 5.97. The Balaban J connectivity index is 1.60. The van der Waals surface area contributed by atoms with Gasteiger partial charge in [-0.3, -0.25) is 4.79 Å². The second-order valence-corrected chi connectivity index (χ2v) is 9.04. The van der Waals surface area contributed by atoms with Crippen LogP contribution in [0.1, 0.15) is 54.9 Å². The van der Waals surface area contributed by atoms with Crippen LogP contribution in [0.3, 0.4) is 0 Å². The lowest BCUT2D eigenvalue weighted by Crippen LogP contribution is -2.42. The largest absolute Gasteiger partial charge is 0.488 e. The molecule has 1 fully saturated rings. The van der Waals surface area contributed by atoms with Gasteiger partial charge in [0.1, 0.15) is 19.0 Å². The lowest BCUT2D eigenvalue weighted by atomic mass is 9.91. The molecule has 3 aromatic carbocycles. The Bertz CT molecular complexity index is 1130. The van der Waals surface area contributed by atoms with Crippen molar-refractivity contribution >= 4 is 12.0 Å². The first-order valence-corrected chi connectivity index (χ1v) is 11.8. The van der Waals surface area contributed by atoms with Gasteiger partial charge in [0.15, 0.2) is 0 Å². The second-order valence-electron chi connectivity index (χ2n) is 9.04. The molecule has 5 heteroatoms. The normalized spacial score (nSPS) is 16.4. The summed E-state index contributed by atoms with van der Waals surface area (Å²) in [6.45, 7) is 6.65. The highest BCUT2D eigenvalue weighted by Crippen LogP contribution is 2.37. The second kappa shape index (κ2) is 10.6. The molecule has 0 unspecified atom stereocenters. The number of rotatable bonds is 8. The number of hydrogen-bond acceptors (Lipinski definition) is 4. The summed E-state index contributed by atoms with van der Waals surface area (Å²) in [7, 11) is 0. The molecule has 1 saturated heterocycles. The smallest absolute Gasteiger partial charge is 0.417 e. The SMILES string of the molecule is CC(C)c1cccc([C@@H](C)C(=O)N2C(=O)OC[C@@H]2Cc2ccccc2)c1OCc1ccccc1. The standard InChI is InChI=1S/C29H31NO4/c1-20(2)25-15-10-16-26(27(25)33-18-23-13-8-5-9-14-23)21(3)28(31)30-24(19-34-29(30)32)17-22-11-6-4-7-12-22/h4-16,20-21,24H,17-19H2,1-3H3/t21-,24+/m1/s1. The third kappa shape index (κ3) is 5.14. The summed E-state index contributed by atoms with van der Waals surface area (Å²) in [5.41, 5.74) is 3.94. The van der Waals surface area contributed by atoms with Crippen LogP contribution in [0.2, 0.25) is 0 Å². The van der Waals surface area contributed by atoms with Crippen molar-refractivity contribution in [3.8, 4) is 5.75 Å².